The van der Waals surface area contributed by atoms with Crippen molar-refractivity contribution >= 4 is 23.6 Å². The predicted molar refractivity (Wildman–Crippen MR) is 111 cm³/mol. The zero-order valence-electron chi connectivity index (χ0n) is 18.0. The molecule has 29 heavy (non-hydrogen) atoms. The number of Topliss-reactive ketones (excluding diaryl/α,β-unsaturated/α-hetero) is 1. The lowest BCUT2D eigenvalue weighted by Gasteiger charge is -2.40. The second-order valence-electron chi connectivity index (χ2n) is 8.20. The van der Waals surface area contributed by atoms with Crippen molar-refractivity contribution in [2.75, 3.05) is 11.9 Å². The summed E-state index contributed by atoms with van der Waals surface area (Å²) in [5.74, 6) is -0.997. The van der Waals surface area contributed by atoms with Crippen molar-refractivity contribution in [2.24, 2.45) is 5.41 Å². The SMILES string of the molecule is CCCC[C@H](NC(=O)OCC1(CC)CCC1)C(=O)C(=O)Nc1ccnn1C(C)C. The topological polar surface area (TPSA) is 102 Å². The number of amides is 2. The molecule has 1 atom stereocenters. The van der Waals surface area contributed by atoms with E-state index in [-0.39, 0.29) is 11.5 Å². The first-order valence-electron chi connectivity index (χ1n) is 10.6. The van der Waals surface area contributed by atoms with E-state index in [0.717, 1.165) is 32.1 Å². The van der Waals surface area contributed by atoms with Crippen LogP contribution in [0, 0.1) is 5.41 Å². The largest absolute Gasteiger partial charge is 0.449 e. The Kier molecular flexibility index (Phi) is 8.22. The van der Waals surface area contributed by atoms with E-state index in [2.05, 4.69) is 22.7 Å². The van der Waals surface area contributed by atoms with Gasteiger partial charge in [0.05, 0.1) is 12.8 Å². The molecular formula is C21H34N4O4. The monoisotopic (exact) mass is 406 g/mol. The lowest BCUT2D eigenvalue weighted by Crippen LogP contribution is -2.47. The van der Waals surface area contributed by atoms with Gasteiger partial charge in [-0.2, -0.15) is 5.10 Å². The molecule has 162 valence electrons. The fourth-order valence-electron chi connectivity index (χ4n) is 3.52. The highest BCUT2D eigenvalue weighted by atomic mass is 16.5. The highest BCUT2D eigenvalue weighted by Crippen LogP contribution is 2.43. The molecule has 2 N–H and O–H groups in total. The van der Waals surface area contributed by atoms with Crippen LogP contribution < -0.4 is 10.6 Å². The molecule has 0 spiro atoms. The number of anilines is 1. The van der Waals surface area contributed by atoms with Crippen LogP contribution in [0.5, 0.6) is 0 Å². The third-order valence-electron chi connectivity index (χ3n) is 5.75. The van der Waals surface area contributed by atoms with Crippen LogP contribution in [-0.2, 0) is 14.3 Å². The van der Waals surface area contributed by atoms with Crippen molar-refractivity contribution in [1.82, 2.24) is 15.1 Å². The Balaban J connectivity index is 1.96. The van der Waals surface area contributed by atoms with E-state index in [9.17, 15) is 14.4 Å². The van der Waals surface area contributed by atoms with Crippen molar-refractivity contribution < 1.29 is 19.1 Å². The summed E-state index contributed by atoms with van der Waals surface area (Å²) >= 11 is 0. The fraction of sp³-hybridized carbons (Fsp3) is 0.714. The fourth-order valence-corrected chi connectivity index (χ4v) is 3.52. The highest BCUT2D eigenvalue weighted by Gasteiger charge is 2.37. The first kappa shape index (κ1) is 22.9. The van der Waals surface area contributed by atoms with Crippen molar-refractivity contribution in [2.45, 2.75) is 84.7 Å². The van der Waals surface area contributed by atoms with Crippen LogP contribution in [0.1, 0.15) is 78.7 Å². The maximum absolute atomic E-state index is 12.7. The lowest BCUT2D eigenvalue weighted by molar-refractivity contribution is -0.136. The van der Waals surface area contributed by atoms with E-state index in [0.29, 0.717) is 25.3 Å². The number of aromatic nitrogens is 2. The van der Waals surface area contributed by atoms with Crippen LogP contribution in [0.3, 0.4) is 0 Å². The number of hydrogen-bond donors (Lipinski definition) is 2. The summed E-state index contributed by atoms with van der Waals surface area (Å²) in [7, 11) is 0. The Morgan fingerprint density at radius 1 is 1.28 bits per heavy atom. The quantitative estimate of drug-likeness (QED) is 0.544. The molecule has 0 aliphatic heterocycles. The molecule has 0 radical (unpaired) electrons. The van der Waals surface area contributed by atoms with Crippen molar-refractivity contribution in [3.63, 3.8) is 0 Å². The molecule has 8 heteroatoms. The first-order valence-corrected chi connectivity index (χ1v) is 10.6. The summed E-state index contributed by atoms with van der Waals surface area (Å²) in [6.07, 6.45) is 7.11. The first-order chi connectivity index (χ1) is 13.8. The van der Waals surface area contributed by atoms with Crippen LogP contribution in [0.4, 0.5) is 10.6 Å². The summed E-state index contributed by atoms with van der Waals surface area (Å²) in [4.78, 5) is 37.5. The molecule has 1 saturated carbocycles. The molecule has 1 aliphatic rings. The zero-order valence-corrected chi connectivity index (χ0v) is 18.0. The lowest BCUT2D eigenvalue weighted by atomic mass is 9.68. The van der Waals surface area contributed by atoms with Crippen LogP contribution in [0.15, 0.2) is 12.3 Å². The van der Waals surface area contributed by atoms with Crippen LogP contribution in [-0.4, -0.2) is 40.2 Å². The summed E-state index contributed by atoms with van der Waals surface area (Å²) in [5.41, 5.74) is 0.0763. The minimum absolute atomic E-state index is 0.0387. The Hall–Kier alpha value is -2.38. The molecule has 0 aromatic carbocycles. The molecule has 0 saturated heterocycles. The summed E-state index contributed by atoms with van der Waals surface area (Å²) in [6, 6.07) is 0.769. The van der Waals surface area contributed by atoms with Gasteiger partial charge in [0.1, 0.15) is 11.9 Å². The second kappa shape index (κ2) is 10.4. The number of nitrogens with zero attached hydrogens (tertiary/aromatic N) is 2. The second-order valence-corrected chi connectivity index (χ2v) is 8.20. The maximum Gasteiger partial charge on any atom is 0.407 e. The zero-order chi connectivity index (χ0) is 21.4. The Labute approximate surface area is 172 Å². The molecule has 0 bridgehead atoms. The average molecular weight is 407 g/mol. The number of hydrogen-bond acceptors (Lipinski definition) is 5. The molecule has 0 unspecified atom stereocenters. The van der Waals surface area contributed by atoms with E-state index in [1.807, 2.05) is 20.8 Å². The van der Waals surface area contributed by atoms with Crippen molar-refractivity contribution in [3.05, 3.63) is 12.3 Å². The summed E-state index contributed by atoms with van der Waals surface area (Å²) in [6.45, 7) is 8.29. The van der Waals surface area contributed by atoms with Gasteiger partial charge in [-0.15, -0.1) is 0 Å². The van der Waals surface area contributed by atoms with Gasteiger partial charge in [-0.1, -0.05) is 33.1 Å². The van der Waals surface area contributed by atoms with Gasteiger partial charge < -0.3 is 15.4 Å². The molecule has 2 amide bonds. The number of ketones is 1. The number of carbonyl (C=O) groups excluding carboxylic acids is 3. The number of unbranched alkanes of at least 4 members (excludes halogenated alkanes) is 1. The van der Waals surface area contributed by atoms with Gasteiger partial charge in [-0.3, -0.25) is 9.59 Å². The van der Waals surface area contributed by atoms with E-state index in [4.69, 9.17) is 4.74 Å². The van der Waals surface area contributed by atoms with Crippen LogP contribution >= 0.6 is 0 Å². The number of ether oxygens (including phenoxy) is 1. The molecule has 1 aromatic rings. The van der Waals surface area contributed by atoms with Gasteiger partial charge in [0.25, 0.3) is 5.91 Å². The third-order valence-corrected chi connectivity index (χ3v) is 5.75. The molecular weight excluding hydrogens is 372 g/mol. The van der Waals surface area contributed by atoms with E-state index < -0.39 is 23.8 Å². The van der Waals surface area contributed by atoms with E-state index in [1.165, 1.54) is 0 Å². The minimum atomic E-state index is -0.906. The standard InChI is InChI=1S/C21H34N4O4/c1-5-7-9-16(23-20(28)29-14-21(6-2)11-8-12-21)18(26)19(27)24-17-10-13-22-25(17)15(3)4/h10,13,15-16H,5-9,11-12,14H2,1-4H3,(H,23,28)(H,24,27)/t16-/m0/s1. The normalized spacial score (nSPS) is 16.0. The Morgan fingerprint density at radius 3 is 2.55 bits per heavy atom. The summed E-state index contributed by atoms with van der Waals surface area (Å²) in [5, 5.41) is 9.35. The van der Waals surface area contributed by atoms with Gasteiger partial charge in [-0.05, 0) is 39.5 Å². The number of carbonyl (C=O) groups is 3. The predicted octanol–water partition coefficient (Wildman–Crippen LogP) is 3.84. The third kappa shape index (κ3) is 6.05. The molecule has 1 aliphatic carbocycles. The van der Waals surface area contributed by atoms with Gasteiger partial charge in [0, 0.05) is 17.5 Å². The Morgan fingerprint density at radius 2 is 2.00 bits per heavy atom. The van der Waals surface area contributed by atoms with Crippen molar-refractivity contribution in [3.8, 4) is 0 Å². The van der Waals surface area contributed by atoms with Gasteiger partial charge >= 0.3 is 6.09 Å². The molecule has 1 aromatic heterocycles. The van der Waals surface area contributed by atoms with Crippen LogP contribution in [0.25, 0.3) is 0 Å². The van der Waals surface area contributed by atoms with Gasteiger partial charge in [-0.25, -0.2) is 9.48 Å². The highest BCUT2D eigenvalue weighted by molar-refractivity contribution is 6.42. The maximum atomic E-state index is 12.7. The van der Waals surface area contributed by atoms with Crippen LogP contribution in [0.2, 0.25) is 0 Å². The van der Waals surface area contributed by atoms with E-state index >= 15 is 0 Å². The van der Waals surface area contributed by atoms with Crippen molar-refractivity contribution in [1.29, 1.82) is 0 Å². The smallest absolute Gasteiger partial charge is 0.407 e. The minimum Gasteiger partial charge on any atom is -0.449 e. The Bertz CT molecular complexity index is 704. The molecule has 1 heterocycles. The number of alkyl carbamates (subject to hydrolysis) is 1. The van der Waals surface area contributed by atoms with E-state index in [1.54, 1.807) is 16.9 Å². The molecule has 8 nitrogen and oxygen atoms in total. The average Bonchev–Trinajstić information content (AvgIpc) is 3.12. The summed E-state index contributed by atoms with van der Waals surface area (Å²) < 4.78 is 7.01. The number of nitrogens with one attached hydrogen (secondary N) is 2. The van der Waals surface area contributed by atoms with Gasteiger partial charge in [0.15, 0.2) is 0 Å². The van der Waals surface area contributed by atoms with Gasteiger partial charge in [0.2, 0.25) is 5.78 Å². The molecule has 1 fully saturated rings. The number of rotatable bonds is 11. The molecule has 2 rings (SSSR count).